The van der Waals surface area contributed by atoms with Crippen molar-refractivity contribution in [3.8, 4) is 0 Å². The molecule has 1 aliphatic heterocycles. The fraction of sp³-hybridized carbons (Fsp3) is 0.375. The van der Waals surface area contributed by atoms with Crippen molar-refractivity contribution in [1.82, 2.24) is 10.1 Å². The van der Waals surface area contributed by atoms with Crippen LogP contribution in [0.4, 0.5) is 8.78 Å². The number of aromatic nitrogens is 1. The minimum absolute atomic E-state index is 0.00588. The van der Waals surface area contributed by atoms with E-state index in [2.05, 4.69) is 5.16 Å². The highest BCUT2D eigenvalue weighted by Crippen LogP contribution is 2.35. The van der Waals surface area contributed by atoms with Crippen molar-refractivity contribution in [1.29, 1.82) is 0 Å². The maximum Gasteiger partial charge on any atom is 0.276 e. The van der Waals surface area contributed by atoms with Crippen LogP contribution in [0.1, 0.15) is 34.3 Å². The number of carbonyl (C=O) groups is 1. The fourth-order valence-electron chi connectivity index (χ4n) is 2.87. The first-order valence-corrected chi connectivity index (χ1v) is 7.38. The van der Waals surface area contributed by atoms with Crippen LogP contribution in [0.25, 0.3) is 0 Å². The number of carbonyl (C=O) groups excluding carboxylic acids is 1. The Hall–Kier alpha value is -2.32. The lowest BCUT2D eigenvalue weighted by Crippen LogP contribution is -2.32. The van der Waals surface area contributed by atoms with Crippen molar-refractivity contribution in [3.63, 3.8) is 0 Å². The topological polar surface area (TPSA) is 75.8 Å². The summed E-state index contributed by atoms with van der Waals surface area (Å²) >= 11 is 0. The molecule has 2 aromatic rings. The standard InChI is InChI=1S/C16H16F2N2O4/c1-23-8-11-6-14(19-24-11)16(22)20-7-10(21)5-15(20)12-4-9(17)2-3-13(12)18/h2-4,6,10,15,21H,5,7-8H2,1H3/t10-,15-/m0/s1. The molecule has 1 amide bonds. The molecular weight excluding hydrogens is 322 g/mol. The summed E-state index contributed by atoms with van der Waals surface area (Å²) in [5.41, 5.74) is 0.0541. The first kappa shape index (κ1) is 16.5. The highest BCUT2D eigenvalue weighted by atomic mass is 19.1. The molecule has 0 bridgehead atoms. The van der Waals surface area contributed by atoms with Crippen LogP contribution in [-0.4, -0.2) is 40.8 Å². The molecule has 8 heteroatoms. The van der Waals surface area contributed by atoms with Gasteiger partial charge in [0.15, 0.2) is 11.5 Å². The number of aliphatic hydroxyl groups excluding tert-OH is 1. The van der Waals surface area contributed by atoms with Crippen molar-refractivity contribution in [3.05, 3.63) is 52.9 Å². The number of ether oxygens (including phenoxy) is 1. The number of aliphatic hydroxyl groups is 1. The minimum Gasteiger partial charge on any atom is -0.391 e. The van der Waals surface area contributed by atoms with Gasteiger partial charge in [-0.25, -0.2) is 8.78 Å². The molecule has 0 spiro atoms. The summed E-state index contributed by atoms with van der Waals surface area (Å²) < 4.78 is 37.4. The fourth-order valence-corrected chi connectivity index (χ4v) is 2.87. The van der Waals surface area contributed by atoms with E-state index in [1.807, 2.05) is 0 Å². The van der Waals surface area contributed by atoms with E-state index in [0.717, 1.165) is 18.2 Å². The number of benzene rings is 1. The predicted octanol–water partition coefficient (Wildman–Crippen LogP) is 2.05. The normalized spacial score (nSPS) is 20.6. The van der Waals surface area contributed by atoms with Gasteiger partial charge in [-0.15, -0.1) is 0 Å². The summed E-state index contributed by atoms with van der Waals surface area (Å²) in [5, 5.41) is 13.6. The number of β-amino-alcohol motifs (C(OH)–C–C–N with tert-alkyl or cyclic N) is 1. The molecule has 1 N–H and O–H groups in total. The van der Waals surface area contributed by atoms with Crippen molar-refractivity contribution < 1.29 is 27.9 Å². The summed E-state index contributed by atoms with van der Waals surface area (Å²) in [6, 6.07) is 3.70. The summed E-state index contributed by atoms with van der Waals surface area (Å²) in [6.07, 6.45) is -0.707. The summed E-state index contributed by atoms with van der Waals surface area (Å²) in [4.78, 5) is 13.9. The Morgan fingerprint density at radius 3 is 3.00 bits per heavy atom. The maximum absolute atomic E-state index is 14.1. The van der Waals surface area contributed by atoms with Crippen LogP contribution >= 0.6 is 0 Å². The number of hydrogen-bond acceptors (Lipinski definition) is 5. The van der Waals surface area contributed by atoms with Crippen LogP contribution in [-0.2, 0) is 11.3 Å². The van der Waals surface area contributed by atoms with Gasteiger partial charge in [-0.2, -0.15) is 0 Å². The first-order valence-electron chi connectivity index (χ1n) is 7.38. The van der Waals surface area contributed by atoms with E-state index in [9.17, 15) is 18.7 Å². The third kappa shape index (κ3) is 3.15. The van der Waals surface area contributed by atoms with Crippen LogP contribution in [0, 0.1) is 11.6 Å². The molecule has 3 rings (SSSR count). The van der Waals surface area contributed by atoms with Crippen LogP contribution in [0.5, 0.6) is 0 Å². The highest BCUT2D eigenvalue weighted by molar-refractivity contribution is 5.92. The largest absolute Gasteiger partial charge is 0.391 e. The molecular formula is C16H16F2N2O4. The van der Waals surface area contributed by atoms with Gasteiger partial charge >= 0.3 is 0 Å². The summed E-state index contributed by atoms with van der Waals surface area (Å²) in [5.74, 6) is -1.39. The van der Waals surface area contributed by atoms with Crippen LogP contribution < -0.4 is 0 Å². The van der Waals surface area contributed by atoms with Crippen molar-refractivity contribution in [2.45, 2.75) is 25.2 Å². The molecule has 1 saturated heterocycles. The zero-order valence-electron chi connectivity index (χ0n) is 12.9. The zero-order chi connectivity index (χ0) is 17.3. The molecule has 1 aromatic carbocycles. The van der Waals surface area contributed by atoms with E-state index < -0.39 is 29.7 Å². The molecule has 1 fully saturated rings. The van der Waals surface area contributed by atoms with Crippen LogP contribution in [0.2, 0.25) is 0 Å². The van der Waals surface area contributed by atoms with E-state index in [1.165, 1.54) is 18.1 Å². The van der Waals surface area contributed by atoms with Gasteiger partial charge in [0.2, 0.25) is 0 Å². The third-order valence-electron chi connectivity index (χ3n) is 3.92. The third-order valence-corrected chi connectivity index (χ3v) is 3.92. The van der Waals surface area contributed by atoms with E-state index in [1.54, 1.807) is 0 Å². The molecule has 1 aliphatic rings. The number of likely N-dealkylation sites (tertiary alicyclic amines) is 1. The van der Waals surface area contributed by atoms with Gasteiger partial charge in [0.25, 0.3) is 5.91 Å². The van der Waals surface area contributed by atoms with E-state index in [0.29, 0.717) is 5.76 Å². The van der Waals surface area contributed by atoms with Gasteiger partial charge in [0.05, 0.1) is 12.1 Å². The Labute approximate surface area is 136 Å². The summed E-state index contributed by atoms with van der Waals surface area (Å²) in [6.45, 7) is 0.163. The van der Waals surface area contributed by atoms with Crippen molar-refractivity contribution >= 4 is 5.91 Å². The smallest absolute Gasteiger partial charge is 0.276 e. The Morgan fingerprint density at radius 2 is 2.25 bits per heavy atom. The van der Waals surface area contributed by atoms with E-state index >= 15 is 0 Å². The maximum atomic E-state index is 14.1. The molecule has 0 saturated carbocycles. The first-order chi connectivity index (χ1) is 11.5. The average Bonchev–Trinajstić information content (AvgIpc) is 3.16. The number of halogens is 2. The Morgan fingerprint density at radius 1 is 1.46 bits per heavy atom. The van der Waals surface area contributed by atoms with Gasteiger partial charge in [-0.05, 0) is 24.6 Å². The molecule has 24 heavy (non-hydrogen) atoms. The van der Waals surface area contributed by atoms with Crippen molar-refractivity contribution in [2.75, 3.05) is 13.7 Å². The van der Waals surface area contributed by atoms with Crippen LogP contribution in [0.15, 0.2) is 28.8 Å². The molecule has 0 aliphatic carbocycles. The number of rotatable bonds is 4. The second kappa shape index (κ2) is 6.66. The quantitative estimate of drug-likeness (QED) is 0.923. The van der Waals surface area contributed by atoms with Crippen LogP contribution in [0.3, 0.4) is 0 Å². The number of nitrogens with zero attached hydrogens (tertiary/aromatic N) is 2. The lowest BCUT2D eigenvalue weighted by Gasteiger charge is -2.24. The average molecular weight is 338 g/mol. The lowest BCUT2D eigenvalue weighted by atomic mass is 10.0. The van der Waals surface area contributed by atoms with Crippen molar-refractivity contribution in [2.24, 2.45) is 0 Å². The van der Waals surface area contributed by atoms with E-state index in [4.69, 9.17) is 9.26 Å². The van der Waals surface area contributed by atoms with Gasteiger partial charge in [-0.1, -0.05) is 5.16 Å². The Balaban J connectivity index is 1.89. The molecule has 6 nitrogen and oxygen atoms in total. The van der Waals surface area contributed by atoms with Gasteiger partial charge < -0.3 is 19.3 Å². The monoisotopic (exact) mass is 338 g/mol. The molecule has 2 heterocycles. The highest BCUT2D eigenvalue weighted by Gasteiger charge is 2.38. The number of hydrogen-bond donors (Lipinski definition) is 1. The predicted molar refractivity (Wildman–Crippen MR) is 78.0 cm³/mol. The zero-order valence-corrected chi connectivity index (χ0v) is 12.9. The van der Waals surface area contributed by atoms with E-state index in [-0.39, 0.29) is 30.8 Å². The molecule has 0 unspecified atom stereocenters. The Kier molecular flexibility index (Phi) is 4.59. The lowest BCUT2D eigenvalue weighted by molar-refractivity contribution is 0.0702. The molecule has 0 radical (unpaired) electrons. The van der Waals surface area contributed by atoms with Gasteiger partial charge in [0.1, 0.15) is 18.2 Å². The SMILES string of the molecule is COCc1cc(C(=O)N2C[C@@H](O)C[C@H]2c2cc(F)ccc2F)no1. The second-order valence-corrected chi connectivity index (χ2v) is 5.64. The molecule has 2 atom stereocenters. The van der Waals surface area contributed by atoms with Gasteiger partial charge in [0, 0.05) is 25.3 Å². The number of amides is 1. The minimum atomic E-state index is -0.827. The number of methoxy groups -OCH3 is 1. The molecule has 1 aromatic heterocycles. The molecule has 128 valence electrons. The summed E-state index contributed by atoms with van der Waals surface area (Å²) in [7, 11) is 1.48. The Bertz CT molecular complexity index is 749. The second-order valence-electron chi connectivity index (χ2n) is 5.64. The van der Waals surface area contributed by atoms with Gasteiger partial charge in [-0.3, -0.25) is 4.79 Å².